The highest BCUT2D eigenvalue weighted by atomic mass is 35.5. The van der Waals surface area contributed by atoms with Crippen LogP contribution in [0.1, 0.15) is 19.7 Å². The Morgan fingerprint density at radius 3 is 2.52 bits per heavy atom. The van der Waals surface area contributed by atoms with E-state index >= 15 is 0 Å². The predicted molar refractivity (Wildman–Crippen MR) is 80.5 cm³/mol. The topological polar surface area (TPSA) is 63.0 Å². The van der Waals surface area contributed by atoms with E-state index in [-0.39, 0.29) is 16.1 Å². The van der Waals surface area contributed by atoms with Crippen molar-refractivity contribution in [1.29, 1.82) is 0 Å². The van der Waals surface area contributed by atoms with Crippen molar-refractivity contribution in [2.24, 2.45) is 5.92 Å². The molecule has 0 radical (unpaired) electrons. The Balaban J connectivity index is 1.99. The number of hydrogen-bond donors (Lipinski definition) is 2. The molecule has 0 unspecified atom stereocenters. The molecule has 1 aromatic carbocycles. The molecule has 5 nitrogen and oxygen atoms in total. The van der Waals surface area contributed by atoms with Crippen molar-refractivity contribution < 1.29 is 8.81 Å². The molecule has 0 saturated carbocycles. The van der Waals surface area contributed by atoms with Crippen molar-refractivity contribution >= 4 is 34.9 Å². The van der Waals surface area contributed by atoms with E-state index in [9.17, 15) is 4.39 Å². The molecule has 8 heteroatoms. The van der Waals surface area contributed by atoms with Gasteiger partial charge in [0, 0.05) is 5.69 Å². The molecule has 2 N–H and O–H groups in total. The fraction of sp³-hybridized carbons (Fsp3) is 0.385. The van der Waals surface area contributed by atoms with Crippen LogP contribution in [0, 0.1) is 11.7 Å². The first kappa shape index (κ1) is 16.0. The number of hydrogen-bond acceptors (Lipinski definition) is 5. The van der Waals surface area contributed by atoms with E-state index in [1.807, 2.05) is 0 Å². The van der Waals surface area contributed by atoms with Crippen LogP contribution < -0.4 is 10.6 Å². The van der Waals surface area contributed by atoms with E-state index in [1.54, 1.807) is 0 Å². The summed E-state index contributed by atoms with van der Waals surface area (Å²) in [6.07, 6.45) is 0. The monoisotopic (exact) mass is 332 g/mol. The van der Waals surface area contributed by atoms with Crippen LogP contribution in [0.3, 0.4) is 0 Å². The summed E-state index contributed by atoms with van der Waals surface area (Å²) in [4.78, 5) is 0. The molecule has 0 atom stereocenters. The molecule has 1 aromatic heterocycles. The molecule has 0 amide bonds. The third-order valence-corrected chi connectivity index (χ3v) is 3.08. The van der Waals surface area contributed by atoms with E-state index in [1.165, 1.54) is 12.1 Å². The third-order valence-electron chi connectivity index (χ3n) is 2.53. The average Bonchev–Trinajstić information content (AvgIpc) is 2.83. The van der Waals surface area contributed by atoms with Crippen molar-refractivity contribution in [3.05, 3.63) is 33.9 Å². The van der Waals surface area contributed by atoms with Gasteiger partial charge in [-0.05, 0) is 24.6 Å². The molecule has 0 saturated heterocycles. The normalized spacial score (nSPS) is 11.1. The summed E-state index contributed by atoms with van der Waals surface area (Å²) in [5, 5.41) is 13.6. The Bertz CT molecular complexity index is 595. The molecular formula is C13H15Cl2FN4O. The first-order valence-electron chi connectivity index (χ1n) is 6.40. The molecule has 0 fully saturated rings. The number of nitrogens with one attached hydrogen (secondary N) is 2. The molecule has 0 aliphatic rings. The second-order valence-electron chi connectivity index (χ2n) is 4.90. The lowest BCUT2D eigenvalue weighted by atomic mass is 10.2. The molecule has 21 heavy (non-hydrogen) atoms. The van der Waals surface area contributed by atoms with Crippen LogP contribution in [0.4, 0.5) is 16.1 Å². The molecule has 2 rings (SSSR count). The minimum atomic E-state index is -0.659. The molecule has 0 bridgehead atoms. The summed E-state index contributed by atoms with van der Waals surface area (Å²) >= 11 is 11.4. The quantitative estimate of drug-likeness (QED) is 0.782. The first-order chi connectivity index (χ1) is 9.95. The van der Waals surface area contributed by atoms with Crippen LogP contribution in [-0.4, -0.2) is 16.7 Å². The van der Waals surface area contributed by atoms with Gasteiger partial charge in [0.15, 0.2) is 5.82 Å². The zero-order valence-electron chi connectivity index (χ0n) is 11.6. The molecule has 0 spiro atoms. The standard InChI is InChI=1S/C13H15Cl2FN4O/c1-7(2)5-17-6-11-19-20-13(21-11)18-8-3-9(14)12(16)10(15)4-8/h3-4,7,17H,5-6H2,1-2H3,(H,18,20). The van der Waals surface area contributed by atoms with Crippen LogP contribution in [-0.2, 0) is 6.54 Å². The van der Waals surface area contributed by atoms with Crippen molar-refractivity contribution in [3.63, 3.8) is 0 Å². The molecule has 1 heterocycles. The van der Waals surface area contributed by atoms with Gasteiger partial charge in [-0.3, -0.25) is 0 Å². The lowest BCUT2D eigenvalue weighted by Crippen LogP contribution is -2.19. The molecular weight excluding hydrogens is 318 g/mol. The van der Waals surface area contributed by atoms with Crippen LogP contribution in [0.2, 0.25) is 10.0 Å². The second kappa shape index (κ2) is 7.06. The van der Waals surface area contributed by atoms with Gasteiger partial charge in [-0.2, -0.15) is 0 Å². The van der Waals surface area contributed by atoms with E-state index in [0.717, 1.165) is 6.54 Å². The van der Waals surface area contributed by atoms with Gasteiger partial charge >= 0.3 is 6.01 Å². The van der Waals surface area contributed by atoms with Crippen LogP contribution in [0.25, 0.3) is 0 Å². The van der Waals surface area contributed by atoms with Gasteiger partial charge in [-0.25, -0.2) is 4.39 Å². The Morgan fingerprint density at radius 2 is 1.90 bits per heavy atom. The fourth-order valence-corrected chi connectivity index (χ4v) is 2.08. The summed E-state index contributed by atoms with van der Waals surface area (Å²) < 4.78 is 18.7. The van der Waals surface area contributed by atoms with E-state index in [2.05, 4.69) is 34.7 Å². The zero-order valence-corrected chi connectivity index (χ0v) is 13.1. The largest absolute Gasteiger partial charge is 0.406 e. The van der Waals surface area contributed by atoms with E-state index in [0.29, 0.717) is 24.0 Å². The number of halogens is 3. The Hall–Kier alpha value is -1.37. The van der Waals surface area contributed by atoms with Gasteiger partial charge < -0.3 is 15.1 Å². The van der Waals surface area contributed by atoms with Crippen LogP contribution >= 0.6 is 23.2 Å². The Morgan fingerprint density at radius 1 is 1.24 bits per heavy atom. The maximum Gasteiger partial charge on any atom is 0.320 e. The van der Waals surface area contributed by atoms with Crippen molar-refractivity contribution in [2.45, 2.75) is 20.4 Å². The van der Waals surface area contributed by atoms with Crippen molar-refractivity contribution in [2.75, 3.05) is 11.9 Å². The minimum Gasteiger partial charge on any atom is -0.406 e. The lowest BCUT2D eigenvalue weighted by Gasteiger charge is -2.05. The van der Waals surface area contributed by atoms with Gasteiger partial charge in [-0.15, -0.1) is 5.10 Å². The third kappa shape index (κ3) is 4.56. The number of nitrogens with zero attached hydrogens (tertiary/aromatic N) is 2. The SMILES string of the molecule is CC(C)CNCc1nnc(Nc2cc(Cl)c(F)c(Cl)c2)o1. The number of aromatic nitrogens is 2. The maximum atomic E-state index is 13.3. The lowest BCUT2D eigenvalue weighted by molar-refractivity contribution is 0.460. The smallest absolute Gasteiger partial charge is 0.320 e. The fourth-order valence-electron chi connectivity index (χ4n) is 1.59. The number of benzene rings is 1. The number of rotatable bonds is 6. The van der Waals surface area contributed by atoms with Gasteiger partial charge in [0.05, 0.1) is 16.6 Å². The van der Waals surface area contributed by atoms with Crippen LogP contribution in [0.15, 0.2) is 16.5 Å². The van der Waals surface area contributed by atoms with Gasteiger partial charge in [0.1, 0.15) is 0 Å². The summed E-state index contributed by atoms with van der Waals surface area (Å²) in [6.45, 7) is 5.55. The Kier molecular flexibility index (Phi) is 5.39. The molecule has 0 aliphatic heterocycles. The highest BCUT2D eigenvalue weighted by Crippen LogP contribution is 2.28. The van der Waals surface area contributed by atoms with E-state index < -0.39 is 5.82 Å². The predicted octanol–water partition coefficient (Wildman–Crippen LogP) is 4.00. The van der Waals surface area contributed by atoms with Gasteiger partial charge in [0.2, 0.25) is 5.89 Å². The second-order valence-corrected chi connectivity index (χ2v) is 5.72. The molecule has 0 aliphatic carbocycles. The highest BCUT2D eigenvalue weighted by Gasteiger charge is 2.10. The molecule has 2 aromatic rings. The first-order valence-corrected chi connectivity index (χ1v) is 7.16. The summed E-state index contributed by atoms with van der Waals surface area (Å²) in [6, 6.07) is 2.97. The highest BCUT2D eigenvalue weighted by molar-refractivity contribution is 6.35. The zero-order chi connectivity index (χ0) is 15.4. The Labute approximate surface area is 131 Å². The van der Waals surface area contributed by atoms with E-state index in [4.69, 9.17) is 27.6 Å². The summed E-state index contributed by atoms with van der Waals surface area (Å²) in [5.74, 6) is 0.333. The minimum absolute atomic E-state index is 0.0802. The maximum absolute atomic E-state index is 13.3. The average molecular weight is 333 g/mol. The van der Waals surface area contributed by atoms with Crippen molar-refractivity contribution in [3.8, 4) is 0 Å². The summed E-state index contributed by atoms with van der Waals surface area (Å²) in [5.41, 5.74) is 0.469. The number of anilines is 2. The van der Waals surface area contributed by atoms with Gasteiger partial charge in [0.25, 0.3) is 0 Å². The van der Waals surface area contributed by atoms with Crippen LogP contribution in [0.5, 0.6) is 0 Å². The van der Waals surface area contributed by atoms with Gasteiger partial charge in [-0.1, -0.05) is 42.1 Å². The molecule has 114 valence electrons. The van der Waals surface area contributed by atoms with Crippen molar-refractivity contribution in [1.82, 2.24) is 15.5 Å². The summed E-state index contributed by atoms with van der Waals surface area (Å²) in [7, 11) is 0.